The number of methoxy groups -OCH3 is 1. The van der Waals surface area contributed by atoms with Gasteiger partial charge in [-0.2, -0.15) is 0 Å². The number of hydrogen-bond donors (Lipinski definition) is 2. The lowest BCUT2D eigenvalue weighted by Crippen LogP contribution is -2.31. The second-order valence-electron chi connectivity index (χ2n) is 5.57. The van der Waals surface area contributed by atoms with Crippen LogP contribution in [0.25, 0.3) is 10.9 Å². The molecule has 1 aromatic heterocycles. The van der Waals surface area contributed by atoms with Crippen LogP contribution >= 0.6 is 0 Å². The van der Waals surface area contributed by atoms with Gasteiger partial charge in [0.05, 0.1) is 18.7 Å². The van der Waals surface area contributed by atoms with E-state index in [9.17, 15) is 9.90 Å². The maximum Gasteiger partial charge on any atom is 0.240 e. The average Bonchev–Trinajstić information content (AvgIpc) is 3.03. The molecule has 24 heavy (non-hydrogen) atoms. The number of benzene rings is 2. The number of amides is 1. The molecule has 0 saturated heterocycles. The molecule has 0 radical (unpaired) electrons. The lowest BCUT2D eigenvalue weighted by atomic mass is 10.1. The first-order chi connectivity index (χ1) is 11.7. The fourth-order valence-electron chi connectivity index (χ4n) is 2.74. The molecule has 0 saturated carbocycles. The zero-order valence-corrected chi connectivity index (χ0v) is 13.5. The minimum absolute atomic E-state index is 0.159. The van der Waals surface area contributed by atoms with Gasteiger partial charge in [0.15, 0.2) is 0 Å². The van der Waals surface area contributed by atoms with Crippen molar-refractivity contribution in [2.24, 2.45) is 0 Å². The highest BCUT2D eigenvalue weighted by atomic mass is 16.5. The first kappa shape index (κ1) is 16.1. The van der Waals surface area contributed by atoms with Crippen LogP contribution in [-0.2, 0) is 11.3 Å². The number of hydrogen-bond acceptors (Lipinski definition) is 3. The van der Waals surface area contributed by atoms with E-state index in [2.05, 4.69) is 5.32 Å². The molecule has 0 fully saturated rings. The van der Waals surface area contributed by atoms with Crippen LogP contribution in [0.2, 0.25) is 0 Å². The molecule has 3 aromatic rings. The number of ether oxygens (including phenoxy) is 1. The molecule has 0 aliphatic carbocycles. The summed E-state index contributed by atoms with van der Waals surface area (Å²) >= 11 is 0. The number of aromatic nitrogens is 1. The Hall–Kier alpha value is -2.79. The van der Waals surface area contributed by atoms with Crippen LogP contribution in [-0.4, -0.2) is 29.2 Å². The summed E-state index contributed by atoms with van der Waals surface area (Å²) < 4.78 is 7.22. The Morgan fingerprint density at radius 1 is 1.17 bits per heavy atom. The quantitative estimate of drug-likeness (QED) is 0.732. The van der Waals surface area contributed by atoms with Crippen LogP contribution in [0.4, 0.5) is 0 Å². The number of aliphatic hydroxyl groups is 1. The maximum atomic E-state index is 12.2. The third-order valence-corrected chi connectivity index (χ3v) is 3.96. The van der Waals surface area contributed by atoms with Crippen molar-refractivity contribution in [3.8, 4) is 5.75 Å². The van der Waals surface area contributed by atoms with Gasteiger partial charge in [-0.15, -0.1) is 0 Å². The minimum atomic E-state index is -0.717. The monoisotopic (exact) mass is 324 g/mol. The van der Waals surface area contributed by atoms with Gasteiger partial charge in [-0.25, -0.2) is 0 Å². The normalized spacial score (nSPS) is 12.1. The average molecular weight is 324 g/mol. The van der Waals surface area contributed by atoms with Gasteiger partial charge in [0.1, 0.15) is 12.3 Å². The van der Waals surface area contributed by atoms with E-state index < -0.39 is 6.10 Å². The summed E-state index contributed by atoms with van der Waals surface area (Å²) in [4.78, 5) is 12.2. The predicted molar refractivity (Wildman–Crippen MR) is 92.9 cm³/mol. The predicted octanol–water partition coefficient (Wildman–Crippen LogP) is 2.50. The molecule has 0 aliphatic rings. The zero-order valence-electron chi connectivity index (χ0n) is 13.5. The highest BCUT2D eigenvalue weighted by molar-refractivity contribution is 5.87. The Balaban J connectivity index is 1.65. The number of carbonyl (C=O) groups excluding carboxylic acids is 1. The van der Waals surface area contributed by atoms with E-state index >= 15 is 0 Å². The molecule has 3 rings (SSSR count). The lowest BCUT2D eigenvalue weighted by Gasteiger charge is -2.13. The van der Waals surface area contributed by atoms with Gasteiger partial charge in [0, 0.05) is 18.1 Å². The molecule has 2 aromatic carbocycles. The van der Waals surface area contributed by atoms with Gasteiger partial charge in [0.2, 0.25) is 5.91 Å². The first-order valence-electron chi connectivity index (χ1n) is 7.80. The van der Waals surface area contributed by atoms with E-state index in [1.807, 2.05) is 65.4 Å². The van der Waals surface area contributed by atoms with Gasteiger partial charge in [-0.05, 0) is 17.7 Å². The third-order valence-electron chi connectivity index (χ3n) is 3.96. The molecular formula is C19H20N2O3. The van der Waals surface area contributed by atoms with Crippen molar-refractivity contribution >= 4 is 16.8 Å². The Morgan fingerprint density at radius 3 is 2.71 bits per heavy atom. The summed E-state index contributed by atoms with van der Waals surface area (Å²) in [6, 6.07) is 17.0. The summed E-state index contributed by atoms with van der Waals surface area (Å²) in [6.45, 7) is 0.352. The van der Waals surface area contributed by atoms with Crippen molar-refractivity contribution in [2.45, 2.75) is 12.6 Å². The van der Waals surface area contributed by atoms with Crippen molar-refractivity contribution in [1.82, 2.24) is 9.88 Å². The van der Waals surface area contributed by atoms with Crippen LogP contribution in [0.15, 0.2) is 60.8 Å². The van der Waals surface area contributed by atoms with Crippen LogP contribution in [0.1, 0.15) is 11.7 Å². The molecule has 0 unspecified atom stereocenters. The summed E-state index contributed by atoms with van der Waals surface area (Å²) in [7, 11) is 1.61. The maximum absolute atomic E-state index is 12.2. The summed E-state index contributed by atoms with van der Waals surface area (Å²) in [5.74, 6) is 0.572. The Bertz CT molecular complexity index is 827. The molecule has 1 atom stereocenters. The van der Waals surface area contributed by atoms with Crippen molar-refractivity contribution < 1.29 is 14.6 Å². The molecule has 124 valence electrons. The number of carbonyl (C=O) groups is 1. The second-order valence-corrected chi connectivity index (χ2v) is 5.57. The number of fused-ring (bicyclic) bond motifs is 1. The van der Waals surface area contributed by atoms with Gasteiger partial charge >= 0.3 is 0 Å². The van der Waals surface area contributed by atoms with Gasteiger partial charge < -0.3 is 19.7 Å². The van der Waals surface area contributed by atoms with E-state index in [-0.39, 0.29) is 19.0 Å². The molecule has 2 N–H and O–H groups in total. The van der Waals surface area contributed by atoms with Crippen LogP contribution in [0, 0.1) is 0 Å². The van der Waals surface area contributed by atoms with Gasteiger partial charge in [0.25, 0.3) is 0 Å². The molecule has 1 heterocycles. The Morgan fingerprint density at radius 2 is 1.96 bits per heavy atom. The first-order valence-corrected chi connectivity index (χ1v) is 7.80. The van der Waals surface area contributed by atoms with Crippen molar-refractivity contribution in [3.63, 3.8) is 0 Å². The Kier molecular flexibility index (Phi) is 4.82. The summed E-state index contributed by atoms with van der Waals surface area (Å²) in [6.07, 6.45) is 1.14. The smallest absolute Gasteiger partial charge is 0.240 e. The van der Waals surface area contributed by atoms with Crippen LogP contribution in [0.5, 0.6) is 5.75 Å². The molecule has 0 aliphatic heterocycles. The lowest BCUT2D eigenvalue weighted by molar-refractivity contribution is -0.122. The molecule has 0 bridgehead atoms. The fraction of sp³-hybridized carbons (Fsp3) is 0.211. The summed E-state index contributed by atoms with van der Waals surface area (Å²) in [5.41, 5.74) is 1.67. The minimum Gasteiger partial charge on any atom is -0.495 e. The molecule has 0 spiro atoms. The van der Waals surface area contributed by atoms with E-state index in [1.165, 1.54) is 0 Å². The Labute approximate surface area is 140 Å². The second kappa shape index (κ2) is 7.19. The third kappa shape index (κ3) is 3.41. The molecule has 5 nitrogen and oxygen atoms in total. The number of rotatable bonds is 6. The zero-order chi connectivity index (χ0) is 16.9. The largest absolute Gasteiger partial charge is 0.495 e. The van der Waals surface area contributed by atoms with Crippen molar-refractivity contribution in [3.05, 3.63) is 66.4 Å². The van der Waals surface area contributed by atoms with Crippen LogP contribution < -0.4 is 10.1 Å². The van der Waals surface area contributed by atoms with E-state index in [0.717, 1.165) is 22.2 Å². The standard InChI is InChI=1S/C19H20N2O3/c1-24-17-9-5-8-15-10-11-21(19(15)17)13-18(23)20-12-16(22)14-6-3-2-4-7-14/h2-11,16,22H,12-13H2,1H3,(H,20,23)/t16-/m0/s1. The number of nitrogens with zero attached hydrogens (tertiary/aromatic N) is 1. The topological polar surface area (TPSA) is 63.5 Å². The highest BCUT2D eigenvalue weighted by Crippen LogP contribution is 2.26. The number of nitrogens with one attached hydrogen (secondary N) is 1. The number of para-hydroxylation sites is 1. The fourth-order valence-corrected chi connectivity index (χ4v) is 2.74. The molecule has 5 heteroatoms. The van der Waals surface area contributed by atoms with Crippen molar-refractivity contribution in [1.29, 1.82) is 0 Å². The van der Waals surface area contributed by atoms with Gasteiger partial charge in [-0.3, -0.25) is 4.79 Å². The molecular weight excluding hydrogens is 304 g/mol. The van der Waals surface area contributed by atoms with E-state index in [0.29, 0.717) is 0 Å². The van der Waals surface area contributed by atoms with E-state index in [1.54, 1.807) is 7.11 Å². The van der Waals surface area contributed by atoms with Crippen LogP contribution in [0.3, 0.4) is 0 Å². The van der Waals surface area contributed by atoms with Crippen molar-refractivity contribution in [2.75, 3.05) is 13.7 Å². The highest BCUT2D eigenvalue weighted by Gasteiger charge is 2.12. The molecule has 1 amide bonds. The summed E-state index contributed by atoms with van der Waals surface area (Å²) in [5, 5.41) is 13.9. The number of aliphatic hydroxyl groups excluding tert-OH is 1. The van der Waals surface area contributed by atoms with E-state index in [4.69, 9.17) is 4.74 Å². The van der Waals surface area contributed by atoms with Gasteiger partial charge in [-0.1, -0.05) is 42.5 Å². The SMILES string of the molecule is COc1cccc2ccn(CC(=O)NC[C@H](O)c3ccccc3)c12.